The highest BCUT2D eigenvalue weighted by Gasteiger charge is 2.27. The fraction of sp³-hybridized carbons (Fsp3) is 0.316. The summed E-state index contributed by atoms with van der Waals surface area (Å²) < 4.78 is 0. The zero-order valence-corrected chi connectivity index (χ0v) is 12.7. The lowest BCUT2D eigenvalue weighted by atomic mass is 10.0. The average Bonchev–Trinajstić information content (AvgIpc) is 2.97. The van der Waals surface area contributed by atoms with Gasteiger partial charge >= 0.3 is 0 Å². The minimum absolute atomic E-state index is 0.0554. The van der Waals surface area contributed by atoms with Crippen molar-refractivity contribution in [2.24, 2.45) is 11.7 Å². The van der Waals surface area contributed by atoms with Gasteiger partial charge in [-0.2, -0.15) is 0 Å². The summed E-state index contributed by atoms with van der Waals surface area (Å²) in [7, 11) is 0. The largest absolute Gasteiger partial charge is 0.328 e. The van der Waals surface area contributed by atoms with Crippen LogP contribution in [0, 0.1) is 5.92 Å². The van der Waals surface area contributed by atoms with E-state index >= 15 is 0 Å². The van der Waals surface area contributed by atoms with E-state index in [1.807, 2.05) is 36.4 Å². The van der Waals surface area contributed by atoms with E-state index in [-0.39, 0.29) is 17.9 Å². The predicted octanol–water partition coefficient (Wildman–Crippen LogP) is 3.34. The van der Waals surface area contributed by atoms with E-state index in [2.05, 4.69) is 23.5 Å². The summed E-state index contributed by atoms with van der Waals surface area (Å²) in [4.78, 5) is 12.4. The summed E-state index contributed by atoms with van der Waals surface area (Å²) in [5, 5.41) is 3.10. The highest BCUT2D eigenvalue weighted by atomic mass is 16.1. The summed E-state index contributed by atoms with van der Waals surface area (Å²) in [5.41, 5.74) is 9.21. The van der Waals surface area contributed by atoms with Crippen LogP contribution in [0.4, 0.5) is 5.69 Å². The SMILES string of the molecule is NC1CCC(C(=O)Nc2ccccc2Cc2ccccc2)C1. The molecular formula is C19H22N2O. The van der Waals surface area contributed by atoms with Crippen LogP contribution in [0.15, 0.2) is 54.6 Å². The Kier molecular flexibility index (Phi) is 4.54. The van der Waals surface area contributed by atoms with Gasteiger partial charge in [0, 0.05) is 17.6 Å². The number of para-hydroxylation sites is 1. The van der Waals surface area contributed by atoms with E-state index in [0.29, 0.717) is 0 Å². The van der Waals surface area contributed by atoms with Crippen LogP contribution in [-0.2, 0) is 11.2 Å². The van der Waals surface area contributed by atoms with Gasteiger partial charge in [0.25, 0.3) is 0 Å². The normalized spacial score (nSPS) is 20.8. The Bertz CT molecular complexity index is 639. The van der Waals surface area contributed by atoms with Gasteiger partial charge in [-0.15, -0.1) is 0 Å². The van der Waals surface area contributed by atoms with Crippen LogP contribution in [0.2, 0.25) is 0 Å². The number of hydrogen-bond donors (Lipinski definition) is 2. The van der Waals surface area contributed by atoms with Gasteiger partial charge in [0.2, 0.25) is 5.91 Å². The molecular weight excluding hydrogens is 272 g/mol. The molecule has 1 aliphatic carbocycles. The van der Waals surface area contributed by atoms with Crippen LogP contribution in [0.5, 0.6) is 0 Å². The molecule has 2 unspecified atom stereocenters. The van der Waals surface area contributed by atoms with Gasteiger partial charge in [0.1, 0.15) is 0 Å². The van der Waals surface area contributed by atoms with Crippen molar-refractivity contribution in [1.82, 2.24) is 0 Å². The molecule has 0 heterocycles. The Hall–Kier alpha value is -2.13. The van der Waals surface area contributed by atoms with Crippen molar-refractivity contribution in [3.8, 4) is 0 Å². The third-order valence-corrected chi connectivity index (χ3v) is 4.36. The molecule has 0 aliphatic heterocycles. The Morgan fingerprint density at radius 2 is 1.77 bits per heavy atom. The maximum atomic E-state index is 12.4. The molecule has 114 valence electrons. The van der Waals surface area contributed by atoms with Crippen molar-refractivity contribution in [3.05, 3.63) is 65.7 Å². The van der Waals surface area contributed by atoms with Crippen LogP contribution >= 0.6 is 0 Å². The molecule has 1 fully saturated rings. The van der Waals surface area contributed by atoms with E-state index in [1.54, 1.807) is 0 Å². The number of anilines is 1. The van der Waals surface area contributed by atoms with Gasteiger partial charge in [-0.3, -0.25) is 4.79 Å². The molecule has 1 saturated carbocycles. The number of nitrogens with one attached hydrogen (secondary N) is 1. The Balaban J connectivity index is 1.72. The van der Waals surface area contributed by atoms with Gasteiger partial charge in [0.15, 0.2) is 0 Å². The minimum Gasteiger partial charge on any atom is -0.328 e. The molecule has 0 spiro atoms. The Labute approximate surface area is 131 Å². The van der Waals surface area contributed by atoms with Crippen LogP contribution < -0.4 is 11.1 Å². The lowest BCUT2D eigenvalue weighted by molar-refractivity contribution is -0.119. The topological polar surface area (TPSA) is 55.1 Å². The molecule has 1 aliphatic rings. The summed E-state index contributed by atoms with van der Waals surface area (Å²) in [6, 6.07) is 18.5. The Morgan fingerprint density at radius 3 is 2.50 bits per heavy atom. The minimum atomic E-state index is 0.0554. The van der Waals surface area contributed by atoms with Crippen molar-refractivity contribution in [2.45, 2.75) is 31.7 Å². The van der Waals surface area contributed by atoms with Gasteiger partial charge in [0.05, 0.1) is 0 Å². The molecule has 3 N–H and O–H groups in total. The molecule has 1 amide bonds. The fourth-order valence-electron chi connectivity index (χ4n) is 3.10. The summed E-state index contributed by atoms with van der Waals surface area (Å²) in [5.74, 6) is 0.160. The van der Waals surface area contributed by atoms with Crippen LogP contribution in [0.25, 0.3) is 0 Å². The number of amides is 1. The molecule has 2 aromatic rings. The molecule has 3 nitrogen and oxygen atoms in total. The molecule has 0 saturated heterocycles. The van der Waals surface area contributed by atoms with Crippen molar-refractivity contribution in [1.29, 1.82) is 0 Å². The first kappa shape index (κ1) is 14.8. The average molecular weight is 294 g/mol. The summed E-state index contributed by atoms with van der Waals surface area (Å²) >= 11 is 0. The van der Waals surface area contributed by atoms with Crippen molar-refractivity contribution < 1.29 is 4.79 Å². The molecule has 22 heavy (non-hydrogen) atoms. The molecule has 2 atom stereocenters. The molecule has 2 aromatic carbocycles. The first-order chi connectivity index (χ1) is 10.7. The third kappa shape index (κ3) is 3.55. The second-order valence-electron chi connectivity index (χ2n) is 6.08. The quantitative estimate of drug-likeness (QED) is 0.908. The standard InChI is InChI=1S/C19H22N2O/c20-17-11-10-16(13-17)19(22)21-18-9-5-4-8-15(18)12-14-6-2-1-3-7-14/h1-9,16-17H,10-13,20H2,(H,21,22). The second kappa shape index (κ2) is 6.75. The van der Waals surface area contributed by atoms with Gasteiger partial charge < -0.3 is 11.1 Å². The lowest BCUT2D eigenvalue weighted by Gasteiger charge is -2.14. The number of nitrogens with two attached hydrogens (primary N) is 1. The summed E-state index contributed by atoms with van der Waals surface area (Å²) in [6.45, 7) is 0. The first-order valence-electron chi connectivity index (χ1n) is 7.90. The van der Waals surface area contributed by atoms with Crippen molar-refractivity contribution in [2.75, 3.05) is 5.32 Å². The van der Waals surface area contributed by atoms with E-state index in [1.165, 1.54) is 5.56 Å². The van der Waals surface area contributed by atoms with E-state index in [4.69, 9.17) is 5.73 Å². The number of hydrogen-bond acceptors (Lipinski definition) is 2. The maximum Gasteiger partial charge on any atom is 0.227 e. The number of carbonyl (C=O) groups is 1. The van der Waals surface area contributed by atoms with Crippen LogP contribution in [0.3, 0.4) is 0 Å². The van der Waals surface area contributed by atoms with Crippen molar-refractivity contribution >= 4 is 11.6 Å². The zero-order valence-electron chi connectivity index (χ0n) is 12.7. The van der Waals surface area contributed by atoms with Crippen LogP contribution in [0.1, 0.15) is 30.4 Å². The molecule has 0 bridgehead atoms. The van der Waals surface area contributed by atoms with E-state index < -0.39 is 0 Å². The zero-order chi connectivity index (χ0) is 15.4. The monoisotopic (exact) mass is 294 g/mol. The van der Waals surface area contributed by atoms with E-state index in [0.717, 1.165) is 36.9 Å². The second-order valence-corrected chi connectivity index (χ2v) is 6.08. The highest BCUT2D eigenvalue weighted by molar-refractivity contribution is 5.93. The van der Waals surface area contributed by atoms with Crippen molar-refractivity contribution in [3.63, 3.8) is 0 Å². The smallest absolute Gasteiger partial charge is 0.227 e. The maximum absolute atomic E-state index is 12.4. The predicted molar refractivity (Wildman–Crippen MR) is 89.6 cm³/mol. The van der Waals surface area contributed by atoms with Gasteiger partial charge in [-0.05, 0) is 42.9 Å². The molecule has 3 heteroatoms. The molecule has 3 rings (SSSR count). The van der Waals surface area contributed by atoms with Gasteiger partial charge in [-0.1, -0.05) is 48.5 Å². The van der Waals surface area contributed by atoms with E-state index in [9.17, 15) is 4.79 Å². The lowest BCUT2D eigenvalue weighted by Crippen LogP contribution is -2.23. The number of benzene rings is 2. The number of rotatable bonds is 4. The third-order valence-electron chi connectivity index (χ3n) is 4.36. The Morgan fingerprint density at radius 1 is 1.05 bits per heavy atom. The molecule has 0 aromatic heterocycles. The summed E-state index contributed by atoms with van der Waals surface area (Å²) in [6.07, 6.45) is 3.46. The fourth-order valence-corrected chi connectivity index (χ4v) is 3.10. The first-order valence-corrected chi connectivity index (χ1v) is 7.90. The van der Waals surface area contributed by atoms with Gasteiger partial charge in [-0.25, -0.2) is 0 Å². The number of carbonyl (C=O) groups excluding carboxylic acids is 1. The molecule has 0 radical (unpaired) electrons. The van der Waals surface area contributed by atoms with Crippen LogP contribution in [-0.4, -0.2) is 11.9 Å². The highest BCUT2D eigenvalue weighted by Crippen LogP contribution is 2.26.